The highest BCUT2D eigenvalue weighted by Gasteiger charge is 2.41. The molecule has 3 aromatic rings. The second-order valence-electron chi connectivity index (χ2n) is 10.2. The molecule has 0 aliphatic carbocycles. The predicted molar refractivity (Wildman–Crippen MR) is 137 cm³/mol. The molecule has 2 aromatic heterocycles. The van der Waals surface area contributed by atoms with Crippen LogP contribution in [0.3, 0.4) is 0 Å². The van der Waals surface area contributed by atoms with Gasteiger partial charge in [0.1, 0.15) is 23.1 Å². The molecule has 1 aromatic carbocycles. The summed E-state index contributed by atoms with van der Waals surface area (Å²) in [6, 6.07) is 4.55. The summed E-state index contributed by atoms with van der Waals surface area (Å²) >= 11 is 0. The van der Waals surface area contributed by atoms with E-state index >= 15 is 0 Å². The normalized spacial score (nSPS) is 24.0. The van der Waals surface area contributed by atoms with E-state index in [0.29, 0.717) is 55.3 Å². The lowest BCUT2D eigenvalue weighted by atomic mass is 10.0. The van der Waals surface area contributed by atoms with E-state index in [1.807, 2.05) is 11.9 Å². The van der Waals surface area contributed by atoms with Crippen LogP contribution in [0.4, 0.5) is 25.1 Å². The average molecular weight is 525 g/mol. The van der Waals surface area contributed by atoms with Crippen molar-refractivity contribution in [2.24, 2.45) is 5.92 Å². The van der Waals surface area contributed by atoms with Crippen molar-refractivity contribution in [3.05, 3.63) is 53.9 Å². The minimum atomic E-state index is -0.478. The van der Waals surface area contributed by atoms with Gasteiger partial charge >= 0.3 is 6.03 Å². The Morgan fingerprint density at radius 2 is 2.03 bits per heavy atom. The number of rotatable bonds is 3. The summed E-state index contributed by atoms with van der Waals surface area (Å²) in [5.41, 5.74) is 1.19. The lowest BCUT2D eigenvalue weighted by Gasteiger charge is -2.28. The number of carbonyl (C=O) groups is 2. The van der Waals surface area contributed by atoms with Crippen LogP contribution in [0, 0.1) is 17.6 Å². The van der Waals surface area contributed by atoms with E-state index in [4.69, 9.17) is 4.98 Å². The number of urea groups is 1. The number of hydrogen-bond donors (Lipinski definition) is 2. The Balaban J connectivity index is 1.22. The lowest BCUT2D eigenvalue weighted by molar-refractivity contribution is -0.134. The van der Waals surface area contributed by atoms with Gasteiger partial charge in [-0.3, -0.25) is 4.79 Å². The van der Waals surface area contributed by atoms with Crippen LogP contribution in [0.15, 0.2) is 36.7 Å². The molecule has 38 heavy (non-hydrogen) atoms. The topological polar surface area (TPSA) is 98.1 Å². The Morgan fingerprint density at radius 3 is 2.89 bits per heavy atom. The van der Waals surface area contributed by atoms with Crippen LogP contribution in [0.1, 0.15) is 30.9 Å². The van der Waals surface area contributed by atoms with Crippen LogP contribution < -0.4 is 15.5 Å². The van der Waals surface area contributed by atoms with Crippen molar-refractivity contribution < 1.29 is 18.4 Å². The number of nitrogens with one attached hydrogen (secondary N) is 2. The first-order chi connectivity index (χ1) is 18.4. The first kappa shape index (κ1) is 24.5. The van der Waals surface area contributed by atoms with Gasteiger partial charge in [-0.1, -0.05) is 0 Å². The van der Waals surface area contributed by atoms with Gasteiger partial charge in [0.25, 0.3) is 0 Å². The van der Waals surface area contributed by atoms with Gasteiger partial charge in [0.05, 0.1) is 18.2 Å². The molecule has 5 heterocycles. The highest BCUT2D eigenvalue weighted by Crippen LogP contribution is 2.37. The number of fused-ring (bicyclic) bond motifs is 2. The van der Waals surface area contributed by atoms with Crippen LogP contribution in [0.5, 0.6) is 0 Å². The quantitative estimate of drug-likeness (QED) is 0.547. The van der Waals surface area contributed by atoms with Crippen molar-refractivity contribution in [2.75, 3.05) is 50.0 Å². The zero-order valence-electron chi connectivity index (χ0n) is 21.1. The highest BCUT2D eigenvalue weighted by atomic mass is 19.1. The summed E-state index contributed by atoms with van der Waals surface area (Å²) < 4.78 is 30.0. The molecule has 0 radical (unpaired) electrons. The lowest BCUT2D eigenvalue weighted by Crippen LogP contribution is -2.48. The molecular formula is C26H30F2N8O2. The third-order valence-corrected chi connectivity index (χ3v) is 7.84. The molecule has 3 saturated heterocycles. The van der Waals surface area contributed by atoms with Crippen LogP contribution in [-0.2, 0) is 4.79 Å². The molecule has 0 spiro atoms. The second-order valence-corrected chi connectivity index (χ2v) is 10.2. The highest BCUT2D eigenvalue weighted by molar-refractivity contribution is 5.94. The molecule has 3 amide bonds. The molecule has 3 aliphatic rings. The monoisotopic (exact) mass is 524 g/mol. The number of likely N-dealkylation sites (tertiary alicyclic amines) is 1. The van der Waals surface area contributed by atoms with Gasteiger partial charge < -0.3 is 25.3 Å². The van der Waals surface area contributed by atoms with E-state index in [9.17, 15) is 18.4 Å². The van der Waals surface area contributed by atoms with Crippen LogP contribution in [0.2, 0.25) is 0 Å². The summed E-state index contributed by atoms with van der Waals surface area (Å²) in [6.07, 6.45) is 5.64. The van der Waals surface area contributed by atoms with Crippen LogP contribution >= 0.6 is 0 Å². The Morgan fingerprint density at radius 1 is 1.16 bits per heavy atom. The second kappa shape index (κ2) is 9.82. The average Bonchev–Trinajstić information content (AvgIpc) is 3.65. The maximum absolute atomic E-state index is 14.6. The third-order valence-electron chi connectivity index (χ3n) is 7.84. The molecule has 3 aliphatic heterocycles. The smallest absolute Gasteiger partial charge is 0.322 e. The number of anilines is 2. The number of nitrogens with zero attached hydrogens (tertiary/aromatic N) is 6. The molecule has 10 nitrogen and oxygen atoms in total. The van der Waals surface area contributed by atoms with Gasteiger partial charge in [0, 0.05) is 51.0 Å². The molecule has 6 rings (SSSR count). The summed E-state index contributed by atoms with van der Waals surface area (Å²) in [6.45, 7) is 2.90. The van der Waals surface area contributed by atoms with E-state index in [0.717, 1.165) is 31.5 Å². The fourth-order valence-electron chi connectivity index (χ4n) is 5.86. The molecule has 0 bridgehead atoms. The Bertz CT molecular complexity index is 1380. The minimum Gasteiger partial charge on any atom is -0.349 e. The van der Waals surface area contributed by atoms with Crippen molar-refractivity contribution in [3.8, 4) is 0 Å². The summed E-state index contributed by atoms with van der Waals surface area (Å²) in [5.74, 6) is -0.561. The summed E-state index contributed by atoms with van der Waals surface area (Å²) in [5, 5.41) is 10.6. The minimum absolute atomic E-state index is 0.0506. The number of amides is 3. The molecule has 2 N–H and O–H groups in total. The Kier molecular flexibility index (Phi) is 6.34. The Labute approximate surface area is 218 Å². The zero-order valence-corrected chi connectivity index (χ0v) is 21.1. The van der Waals surface area contributed by atoms with Gasteiger partial charge in [0.2, 0.25) is 5.91 Å². The standard InChI is InChI=1S/C26H30F2N8O2/c1-33-9-3-8-29-21-15-34(14-18(21)25(33)37)26(38)31-20-13-30-36-11-7-23(32-24(20)36)35-10-2-4-22(35)17-12-16(27)5-6-19(17)28/h5-7,11-13,18,21-22,29H,2-4,8-10,14-15H2,1H3,(H,31,38)/t18?,21?,22-/m1/s1. The van der Waals surface area contributed by atoms with E-state index in [1.165, 1.54) is 12.3 Å². The van der Waals surface area contributed by atoms with Crippen LogP contribution in [0.25, 0.3) is 5.65 Å². The number of aromatic nitrogens is 3. The van der Waals surface area contributed by atoms with Gasteiger partial charge in [-0.15, -0.1) is 0 Å². The maximum atomic E-state index is 14.6. The molecule has 2 unspecified atom stereocenters. The molecule has 3 fully saturated rings. The Hall–Kier alpha value is -3.80. The van der Waals surface area contributed by atoms with Crippen molar-refractivity contribution in [1.82, 2.24) is 29.7 Å². The van der Waals surface area contributed by atoms with E-state index in [-0.39, 0.29) is 29.9 Å². The maximum Gasteiger partial charge on any atom is 0.322 e. The number of halogens is 2. The van der Waals surface area contributed by atoms with Crippen LogP contribution in [-0.4, -0.2) is 82.1 Å². The van der Waals surface area contributed by atoms with Crippen molar-refractivity contribution in [1.29, 1.82) is 0 Å². The number of carbonyl (C=O) groups excluding carboxylic acids is 2. The van der Waals surface area contributed by atoms with E-state index in [1.54, 1.807) is 26.6 Å². The van der Waals surface area contributed by atoms with E-state index in [2.05, 4.69) is 15.7 Å². The largest absolute Gasteiger partial charge is 0.349 e. The number of hydrogen-bond acceptors (Lipinski definition) is 6. The predicted octanol–water partition coefficient (Wildman–Crippen LogP) is 2.63. The van der Waals surface area contributed by atoms with Gasteiger partial charge in [-0.25, -0.2) is 23.1 Å². The van der Waals surface area contributed by atoms with Gasteiger partial charge in [-0.05, 0) is 50.1 Å². The van der Waals surface area contributed by atoms with E-state index < -0.39 is 11.6 Å². The fourth-order valence-corrected chi connectivity index (χ4v) is 5.86. The van der Waals surface area contributed by atoms with Crippen molar-refractivity contribution in [2.45, 2.75) is 31.3 Å². The molecular weight excluding hydrogens is 494 g/mol. The number of benzene rings is 1. The zero-order chi connectivity index (χ0) is 26.4. The summed E-state index contributed by atoms with van der Waals surface area (Å²) in [7, 11) is 1.81. The van der Waals surface area contributed by atoms with Crippen molar-refractivity contribution in [3.63, 3.8) is 0 Å². The first-order valence-electron chi connectivity index (χ1n) is 13.0. The van der Waals surface area contributed by atoms with Crippen molar-refractivity contribution >= 4 is 29.1 Å². The van der Waals surface area contributed by atoms with Gasteiger partial charge in [0.15, 0.2) is 5.65 Å². The fraction of sp³-hybridized carbons (Fsp3) is 0.462. The molecule has 12 heteroatoms. The molecule has 200 valence electrons. The SMILES string of the molecule is CN1CCCNC2CN(C(=O)Nc3cnn4ccc(N5CCC[C@@H]5c5cc(F)ccc5F)nc34)CC2C1=O. The third kappa shape index (κ3) is 4.42. The van der Waals surface area contributed by atoms with Gasteiger partial charge in [-0.2, -0.15) is 5.10 Å². The molecule has 3 atom stereocenters. The first-order valence-corrected chi connectivity index (χ1v) is 13.0. The summed E-state index contributed by atoms with van der Waals surface area (Å²) in [4.78, 5) is 36.1. The molecule has 0 saturated carbocycles.